The molecule has 6 heteroatoms. The molecule has 0 radical (unpaired) electrons. The van der Waals surface area contributed by atoms with E-state index in [9.17, 15) is 13.2 Å². The molecule has 1 fully saturated rings. The van der Waals surface area contributed by atoms with E-state index in [0.717, 1.165) is 37.1 Å². The number of halogens is 3. The Hall–Kier alpha value is -1.35. The molecule has 102 valence electrons. The quantitative estimate of drug-likeness (QED) is 0.790. The van der Waals surface area contributed by atoms with Crippen molar-refractivity contribution in [3.05, 3.63) is 29.3 Å². The summed E-state index contributed by atoms with van der Waals surface area (Å²) in [6.45, 7) is 1.50. The predicted octanol–water partition coefficient (Wildman–Crippen LogP) is 3.52. The van der Waals surface area contributed by atoms with Crippen molar-refractivity contribution in [2.24, 2.45) is 0 Å². The van der Waals surface area contributed by atoms with Gasteiger partial charge in [-0.05, 0) is 30.4 Å². The molecule has 0 bridgehead atoms. The van der Waals surface area contributed by atoms with Crippen LogP contribution in [0.25, 0.3) is 0 Å². The Morgan fingerprint density at radius 2 is 2.00 bits per heavy atom. The molecule has 1 aliphatic heterocycles. The zero-order chi connectivity index (χ0) is 13.9. The van der Waals surface area contributed by atoms with Crippen molar-refractivity contribution in [2.45, 2.75) is 12.6 Å². The molecule has 0 spiro atoms. The van der Waals surface area contributed by atoms with Crippen LogP contribution < -0.4 is 4.90 Å². The van der Waals surface area contributed by atoms with Gasteiger partial charge < -0.3 is 4.90 Å². The minimum Gasteiger partial charge on any atom is -0.371 e. The molecule has 1 aliphatic rings. The zero-order valence-corrected chi connectivity index (χ0v) is 11.0. The van der Waals surface area contributed by atoms with Gasteiger partial charge in [-0.3, -0.25) is 0 Å². The van der Waals surface area contributed by atoms with Gasteiger partial charge in [0, 0.05) is 24.5 Å². The van der Waals surface area contributed by atoms with E-state index in [1.54, 1.807) is 12.1 Å². The van der Waals surface area contributed by atoms with Crippen LogP contribution in [0.15, 0.2) is 18.2 Å². The van der Waals surface area contributed by atoms with Crippen molar-refractivity contribution < 1.29 is 13.2 Å². The summed E-state index contributed by atoms with van der Waals surface area (Å²) in [4.78, 5) is 1.95. The zero-order valence-electron chi connectivity index (χ0n) is 10.2. The monoisotopic (exact) mass is 286 g/mol. The minimum absolute atomic E-state index is 0.319. The fourth-order valence-electron chi connectivity index (χ4n) is 2.07. The van der Waals surface area contributed by atoms with Crippen molar-refractivity contribution in [1.29, 1.82) is 5.26 Å². The molecule has 0 aromatic heterocycles. The lowest BCUT2D eigenvalue weighted by molar-refractivity contribution is -0.137. The molecular weight excluding hydrogens is 273 g/mol. The average Bonchev–Trinajstić information content (AvgIpc) is 2.66. The van der Waals surface area contributed by atoms with Gasteiger partial charge in [0.05, 0.1) is 17.2 Å². The van der Waals surface area contributed by atoms with Crippen LogP contribution >= 0.6 is 11.8 Å². The SMILES string of the molecule is N#Cc1ccc(N2CCCSCC2)cc1C(F)(F)F. The number of thioether (sulfide) groups is 1. The largest absolute Gasteiger partial charge is 0.417 e. The summed E-state index contributed by atoms with van der Waals surface area (Å²) in [5.41, 5.74) is -0.612. The Balaban J connectivity index is 2.35. The summed E-state index contributed by atoms with van der Waals surface area (Å²) in [6.07, 6.45) is -3.52. The summed E-state index contributed by atoms with van der Waals surface area (Å²) < 4.78 is 38.7. The molecule has 0 unspecified atom stereocenters. The lowest BCUT2D eigenvalue weighted by Gasteiger charge is -2.23. The van der Waals surface area contributed by atoms with Crippen LogP contribution in [0, 0.1) is 11.3 Å². The van der Waals surface area contributed by atoms with Gasteiger partial charge in [-0.25, -0.2) is 0 Å². The van der Waals surface area contributed by atoms with Crippen molar-refractivity contribution in [3.8, 4) is 6.07 Å². The summed E-state index contributed by atoms with van der Waals surface area (Å²) >= 11 is 1.82. The highest BCUT2D eigenvalue weighted by molar-refractivity contribution is 7.99. The van der Waals surface area contributed by atoms with Gasteiger partial charge in [0.25, 0.3) is 0 Å². The predicted molar refractivity (Wildman–Crippen MR) is 70.3 cm³/mol. The third-order valence-corrected chi connectivity index (χ3v) is 4.06. The second-order valence-electron chi connectivity index (χ2n) is 4.29. The maximum atomic E-state index is 12.9. The highest BCUT2D eigenvalue weighted by Crippen LogP contribution is 2.34. The molecule has 19 heavy (non-hydrogen) atoms. The number of hydrogen-bond acceptors (Lipinski definition) is 3. The van der Waals surface area contributed by atoms with Gasteiger partial charge in [0.2, 0.25) is 0 Å². The average molecular weight is 286 g/mol. The standard InChI is InChI=1S/C13H13F3N2S/c14-13(15,16)12-8-11(3-2-10(12)9-17)18-4-1-6-19-7-5-18/h2-3,8H,1,4-7H2. The van der Waals surface area contributed by atoms with Crippen molar-refractivity contribution in [3.63, 3.8) is 0 Å². The molecule has 2 rings (SSSR count). The Morgan fingerprint density at radius 1 is 1.21 bits per heavy atom. The fraction of sp³-hybridized carbons (Fsp3) is 0.462. The van der Waals surface area contributed by atoms with E-state index in [4.69, 9.17) is 5.26 Å². The fourth-order valence-corrected chi connectivity index (χ4v) is 2.95. The Bertz CT molecular complexity index is 486. The van der Waals surface area contributed by atoms with Gasteiger partial charge in [-0.2, -0.15) is 30.2 Å². The van der Waals surface area contributed by atoms with E-state index < -0.39 is 11.7 Å². The van der Waals surface area contributed by atoms with Crippen LogP contribution in [0.2, 0.25) is 0 Å². The van der Waals surface area contributed by atoms with Crippen LogP contribution in [-0.4, -0.2) is 24.6 Å². The maximum absolute atomic E-state index is 12.9. The summed E-state index contributed by atoms with van der Waals surface area (Å²) in [7, 11) is 0. The molecule has 0 amide bonds. The second kappa shape index (κ2) is 5.74. The minimum atomic E-state index is -4.48. The first-order valence-electron chi connectivity index (χ1n) is 5.96. The highest BCUT2D eigenvalue weighted by atomic mass is 32.2. The van der Waals surface area contributed by atoms with Crippen LogP contribution in [-0.2, 0) is 6.18 Å². The lowest BCUT2D eigenvalue weighted by atomic mass is 10.1. The van der Waals surface area contributed by atoms with Crippen molar-refractivity contribution in [2.75, 3.05) is 29.5 Å². The van der Waals surface area contributed by atoms with Crippen molar-refractivity contribution in [1.82, 2.24) is 0 Å². The molecule has 0 aliphatic carbocycles. The number of alkyl halides is 3. The molecule has 0 atom stereocenters. The highest BCUT2D eigenvalue weighted by Gasteiger charge is 2.34. The number of benzene rings is 1. The topological polar surface area (TPSA) is 27.0 Å². The van der Waals surface area contributed by atoms with Gasteiger partial charge in [0.15, 0.2) is 0 Å². The molecular formula is C13H13F3N2S. The van der Waals surface area contributed by atoms with E-state index in [-0.39, 0.29) is 5.56 Å². The number of anilines is 1. The Kier molecular flexibility index (Phi) is 4.25. The Morgan fingerprint density at radius 3 is 2.68 bits per heavy atom. The maximum Gasteiger partial charge on any atom is 0.417 e. The van der Waals surface area contributed by atoms with E-state index in [0.29, 0.717) is 5.69 Å². The smallest absolute Gasteiger partial charge is 0.371 e. The van der Waals surface area contributed by atoms with Gasteiger partial charge in [0.1, 0.15) is 0 Å². The van der Waals surface area contributed by atoms with Crippen LogP contribution in [0.5, 0.6) is 0 Å². The molecule has 1 aromatic carbocycles. The molecule has 0 N–H and O–H groups in total. The normalized spacial score (nSPS) is 16.8. The summed E-state index contributed by atoms with van der Waals surface area (Å²) in [5.74, 6) is 1.96. The van der Waals surface area contributed by atoms with Crippen LogP contribution in [0.3, 0.4) is 0 Å². The summed E-state index contributed by atoms with van der Waals surface area (Å²) in [6, 6.07) is 5.55. The molecule has 0 saturated carbocycles. The third kappa shape index (κ3) is 3.35. The molecule has 2 nitrogen and oxygen atoms in total. The summed E-state index contributed by atoms with van der Waals surface area (Å²) in [5, 5.41) is 8.76. The van der Waals surface area contributed by atoms with E-state index in [1.165, 1.54) is 6.07 Å². The van der Waals surface area contributed by atoms with Crippen LogP contribution in [0.4, 0.5) is 18.9 Å². The van der Waals surface area contributed by atoms with Crippen LogP contribution in [0.1, 0.15) is 17.5 Å². The number of hydrogen-bond donors (Lipinski definition) is 0. The first kappa shape index (κ1) is 14.1. The number of nitriles is 1. The molecule has 1 saturated heterocycles. The third-order valence-electron chi connectivity index (χ3n) is 3.02. The number of rotatable bonds is 1. The van der Waals surface area contributed by atoms with Gasteiger partial charge >= 0.3 is 6.18 Å². The lowest BCUT2D eigenvalue weighted by Crippen LogP contribution is -2.26. The first-order valence-corrected chi connectivity index (χ1v) is 7.12. The van der Waals surface area contributed by atoms with Gasteiger partial charge in [-0.15, -0.1) is 0 Å². The van der Waals surface area contributed by atoms with E-state index in [1.807, 2.05) is 16.7 Å². The molecule has 1 aromatic rings. The first-order chi connectivity index (χ1) is 9.02. The Labute approximate surface area is 114 Å². The van der Waals surface area contributed by atoms with E-state index >= 15 is 0 Å². The van der Waals surface area contributed by atoms with Gasteiger partial charge in [-0.1, -0.05) is 0 Å². The number of nitrogens with zero attached hydrogens (tertiary/aromatic N) is 2. The van der Waals surface area contributed by atoms with Crippen molar-refractivity contribution >= 4 is 17.4 Å². The second-order valence-corrected chi connectivity index (χ2v) is 5.52. The molecule has 1 heterocycles. The van der Waals surface area contributed by atoms with E-state index in [2.05, 4.69) is 0 Å².